The Balaban J connectivity index is 2.15. The number of aromatic amines is 1. The zero-order valence-corrected chi connectivity index (χ0v) is 18.6. The molecule has 0 unspecified atom stereocenters. The van der Waals surface area contributed by atoms with Crippen molar-refractivity contribution in [3.05, 3.63) is 35.5 Å². The van der Waals surface area contributed by atoms with Crippen LogP contribution in [0.5, 0.6) is 5.75 Å². The molecule has 2 atom stereocenters. The molecule has 1 amide bonds. The molecule has 0 bridgehead atoms. The summed E-state index contributed by atoms with van der Waals surface area (Å²) in [5.74, 6) is -0.975. The summed E-state index contributed by atoms with van der Waals surface area (Å²) in [5.41, 5.74) is 10.2. The molecule has 2 N–H and O–H groups in total. The molecule has 172 valence electrons. The molecular weight excluding hydrogens is 416 g/mol. The van der Waals surface area contributed by atoms with Gasteiger partial charge < -0.3 is 30.0 Å². The van der Waals surface area contributed by atoms with Crippen LogP contribution >= 0.6 is 0 Å². The highest BCUT2D eigenvalue weighted by Crippen LogP contribution is 2.25. The lowest BCUT2D eigenvalue weighted by Crippen LogP contribution is -2.48. The van der Waals surface area contributed by atoms with Crippen molar-refractivity contribution < 1.29 is 33.4 Å². The Morgan fingerprint density at radius 1 is 1.25 bits per heavy atom. The Morgan fingerprint density at radius 3 is 2.62 bits per heavy atom. The Kier molecular flexibility index (Phi) is 9.12. The second kappa shape index (κ2) is 11.8. The third kappa shape index (κ3) is 6.76. The van der Waals surface area contributed by atoms with E-state index in [4.69, 9.17) is 19.7 Å². The van der Waals surface area contributed by atoms with E-state index in [0.29, 0.717) is 5.75 Å². The average Bonchev–Trinajstić information content (AvgIpc) is 3.16. The normalized spacial score (nSPS) is 12.7. The maximum Gasteiger partial charge on any atom is 0.328 e. The van der Waals surface area contributed by atoms with Crippen molar-refractivity contribution in [2.45, 2.75) is 51.4 Å². The van der Waals surface area contributed by atoms with Crippen molar-refractivity contribution in [2.24, 2.45) is 0 Å². The predicted octanol–water partition coefficient (Wildman–Crippen LogP) is 1.82. The smallest absolute Gasteiger partial charge is 0.328 e. The first-order valence-electron chi connectivity index (χ1n) is 10.2. The zero-order chi connectivity index (χ0) is 23.7. The molecule has 1 heterocycles. The number of amides is 1. The Bertz CT molecular complexity index is 1010. The van der Waals surface area contributed by atoms with Gasteiger partial charge in [0.15, 0.2) is 0 Å². The minimum Gasteiger partial charge on any atom is -0.497 e. The van der Waals surface area contributed by atoms with Gasteiger partial charge in [-0.25, -0.2) is 4.79 Å². The molecule has 10 heteroatoms. The number of ether oxygens (including phenoxy) is 3. The number of hydrogen-bond acceptors (Lipinski definition) is 6. The summed E-state index contributed by atoms with van der Waals surface area (Å²) in [7, 11) is 2.98. The number of fused-ring (bicyclic) bond motifs is 1. The summed E-state index contributed by atoms with van der Waals surface area (Å²) < 4.78 is 15.9. The molecule has 0 fully saturated rings. The number of hydrogen-bond donors (Lipinski definition) is 2. The fourth-order valence-corrected chi connectivity index (χ4v) is 3.18. The summed E-state index contributed by atoms with van der Waals surface area (Å²) in [6.45, 7) is 3.37. The summed E-state index contributed by atoms with van der Waals surface area (Å²) in [4.78, 5) is 42.8. The topological polar surface area (TPSA) is 143 Å². The van der Waals surface area contributed by atoms with Gasteiger partial charge in [-0.15, -0.1) is 0 Å². The van der Waals surface area contributed by atoms with Gasteiger partial charge in [-0.1, -0.05) is 0 Å². The fraction of sp³-hybridized carbons (Fsp3) is 0.455. The van der Waals surface area contributed by atoms with Gasteiger partial charge in [0.05, 0.1) is 13.2 Å². The number of aromatic nitrogens is 1. The first kappa shape index (κ1) is 24.8. The lowest BCUT2D eigenvalue weighted by Gasteiger charge is -2.21. The number of benzene rings is 1. The van der Waals surface area contributed by atoms with Crippen LogP contribution in [-0.2, 0) is 30.3 Å². The largest absolute Gasteiger partial charge is 0.497 e. The molecule has 0 spiro atoms. The van der Waals surface area contributed by atoms with Crippen LogP contribution in [0.15, 0.2) is 24.4 Å². The molecule has 2 aromatic rings. The first-order chi connectivity index (χ1) is 15.3. The lowest BCUT2D eigenvalue weighted by molar-refractivity contribution is -0.152. The van der Waals surface area contributed by atoms with Gasteiger partial charge in [0.25, 0.3) is 0 Å². The van der Waals surface area contributed by atoms with E-state index in [1.807, 2.05) is 18.2 Å². The number of Topliss-reactive ketones (excluding diaryl/α,β-unsaturated/α-hetero) is 1. The highest BCUT2D eigenvalue weighted by Gasteiger charge is 2.28. The number of ketones is 1. The van der Waals surface area contributed by atoms with Gasteiger partial charge in [-0.3, -0.25) is 9.59 Å². The quantitative estimate of drug-likeness (QED) is 0.221. The van der Waals surface area contributed by atoms with E-state index in [0.717, 1.165) is 22.7 Å². The van der Waals surface area contributed by atoms with Crippen molar-refractivity contribution in [2.75, 3.05) is 14.2 Å². The molecule has 1 aromatic carbocycles. The van der Waals surface area contributed by atoms with E-state index < -0.39 is 35.9 Å². The summed E-state index contributed by atoms with van der Waals surface area (Å²) in [6, 6.07) is 4.52. The predicted molar refractivity (Wildman–Crippen MR) is 116 cm³/mol. The Labute approximate surface area is 185 Å². The minimum absolute atomic E-state index is 0.0110. The number of esters is 1. The molecule has 32 heavy (non-hydrogen) atoms. The van der Waals surface area contributed by atoms with Gasteiger partial charge in [0.2, 0.25) is 11.7 Å². The molecule has 1 aromatic heterocycles. The molecule has 0 saturated carbocycles. The van der Waals surface area contributed by atoms with Crippen LogP contribution in [0.2, 0.25) is 0 Å². The van der Waals surface area contributed by atoms with Crippen LogP contribution in [0.25, 0.3) is 16.4 Å². The van der Waals surface area contributed by atoms with Crippen molar-refractivity contribution in [1.82, 2.24) is 10.3 Å². The molecule has 10 nitrogen and oxygen atoms in total. The van der Waals surface area contributed by atoms with Crippen molar-refractivity contribution in [3.8, 4) is 5.75 Å². The number of nitrogens with one attached hydrogen (secondary N) is 2. The van der Waals surface area contributed by atoms with E-state index in [2.05, 4.69) is 15.1 Å². The van der Waals surface area contributed by atoms with Crippen LogP contribution in [-0.4, -0.2) is 66.1 Å². The standard InChI is InChI=1S/C22H28N4O6/c1-13(2)32-22(29)19(7-5-15(27)12-25-23)26-21(28)20(31-4)9-14-11-24-18-8-6-16(30-3)10-17(14)18/h6,8,10-13,19-20,24H,5,7,9H2,1-4H3,(H,26,28)/t19-,20-/m0/s1. The highest BCUT2D eigenvalue weighted by molar-refractivity contribution is 6.25. The average molecular weight is 444 g/mol. The fourth-order valence-electron chi connectivity index (χ4n) is 3.18. The van der Waals surface area contributed by atoms with Crippen molar-refractivity contribution >= 4 is 34.8 Å². The lowest BCUT2D eigenvalue weighted by atomic mass is 10.0. The SMILES string of the molecule is COc1ccc2[nH]cc(C[C@H](OC)C(=O)N[C@@H](CCC(=O)C=[N+]=[N-])C(=O)OC(C)C)c2c1. The van der Waals surface area contributed by atoms with Crippen LogP contribution in [0, 0.1) is 0 Å². The van der Waals surface area contributed by atoms with Gasteiger partial charge in [0, 0.05) is 37.1 Å². The second-order valence-corrected chi connectivity index (χ2v) is 7.45. The summed E-state index contributed by atoms with van der Waals surface area (Å²) >= 11 is 0. The molecular formula is C22H28N4O6. The summed E-state index contributed by atoms with van der Waals surface area (Å²) in [5, 5.41) is 3.51. The zero-order valence-electron chi connectivity index (χ0n) is 18.6. The number of H-pyrrole nitrogens is 1. The molecule has 0 aliphatic rings. The molecule has 0 saturated heterocycles. The number of carbonyl (C=O) groups excluding carboxylic acids is 3. The third-order valence-electron chi connectivity index (χ3n) is 4.79. The maximum atomic E-state index is 12.9. The van der Waals surface area contributed by atoms with E-state index in [1.54, 1.807) is 27.2 Å². The first-order valence-corrected chi connectivity index (χ1v) is 10.2. The van der Waals surface area contributed by atoms with E-state index in [1.165, 1.54) is 7.11 Å². The minimum atomic E-state index is -1.05. The highest BCUT2D eigenvalue weighted by atomic mass is 16.5. The number of methoxy groups -OCH3 is 2. The van der Waals surface area contributed by atoms with E-state index in [-0.39, 0.29) is 19.3 Å². The number of rotatable bonds is 12. The van der Waals surface area contributed by atoms with Gasteiger partial charge in [-0.2, -0.15) is 4.79 Å². The monoisotopic (exact) mass is 444 g/mol. The van der Waals surface area contributed by atoms with Gasteiger partial charge in [-0.05, 0) is 44.0 Å². The van der Waals surface area contributed by atoms with E-state index >= 15 is 0 Å². The molecule has 0 aliphatic carbocycles. The van der Waals surface area contributed by atoms with Gasteiger partial charge in [0.1, 0.15) is 17.9 Å². The summed E-state index contributed by atoms with van der Waals surface area (Å²) in [6.07, 6.45) is 1.39. The van der Waals surface area contributed by atoms with Crippen LogP contribution in [0.4, 0.5) is 0 Å². The Hall–Kier alpha value is -3.49. The van der Waals surface area contributed by atoms with Crippen LogP contribution in [0.3, 0.4) is 0 Å². The third-order valence-corrected chi connectivity index (χ3v) is 4.79. The Morgan fingerprint density at radius 2 is 2.00 bits per heavy atom. The van der Waals surface area contributed by atoms with E-state index in [9.17, 15) is 14.4 Å². The number of carbonyl (C=O) groups is 3. The second-order valence-electron chi connectivity index (χ2n) is 7.45. The van der Waals surface area contributed by atoms with Crippen molar-refractivity contribution in [1.29, 1.82) is 0 Å². The molecule has 0 radical (unpaired) electrons. The van der Waals surface area contributed by atoms with Crippen molar-refractivity contribution in [3.63, 3.8) is 0 Å². The number of nitrogens with zero attached hydrogens (tertiary/aromatic N) is 2. The van der Waals surface area contributed by atoms with Crippen LogP contribution in [0.1, 0.15) is 32.3 Å². The maximum absolute atomic E-state index is 12.9. The molecule has 2 rings (SSSR count). The van der Waals surface area contributed by atoms with Crippen LogP contribution < -0.4 is 10.1 Å². The molecule has 0 aliphatic heterocycles. The van der Waals surface area contributed by atoms with Gasteiger partial charge >= 0.3 is 12.2 Å².